The van der Waals surface area contributed by atoms with E-state index in [0.717, 1.165) is 25.7 Å². The largest absolute Gasteiger partial charge is 0.353 e. The van der Waals surface area contributed by atoms with Gasteiger partial charge in [0.2, 0.25) is 11.8 Å². The third-order valence-electron chi connectivity index (χ3n) is 4.32. The van der Waals surface area contributed by atoms with Gasteiger partial charge in [-0.15, -0.1) is 0 Å². The van der Waals surface area contributed by atoms with Gasteiger partial charge in [-0.25, -0.2) is 0 Å². The normalized spacial score (nSPS) is 18.2. The Balaban J connectivity index is 1.99. The number of nitrogens with one attached hydrogen (secondary N) is 1. The number of nitrogens with zero attached hydrogens (tertiary/aromatic N) is 3. The minimum Gasteiger partial charge on any atom is -0.353 e. The molecule has 1 aromatic heterocycles. The molecule has 0 spiro atoms. The molecule has 1 aliphatic rings. The van der Waals surface area contributed by atoms with Crippen LogP contribution in [0.5, 0.6) is 0 Å². The van der Waals surface area contributed by atoms with Crippen LogP contribution in [0.15, 0.2) is 18.5 Å². The lowest BCUT2D eigenvalue weighted by molar-refractivity contribution is -0.139. The van der Waals surface area contributed by atoms with Crippen molar-refractivity contribution >= 4 is 11.8 Å². The van der Waals surface area contributed by atoms with Gasteiger partial charge in [-0.1, -0.05) is 12.8 Å². The van der Waals surface area contributed by atoms with Gasteiger partial charge >= 0.3 is 0 Å². The van der Waals surface area contributed by atoms with Gasteiger partial charge in [0, 0.05) is 33.0 Å². The summed E-state index contributed by atoms with van der Waals surface area (Å²) in [6.07, 6.45) is 7.20. The summed E-state index contributed by atoms with van der Waals surface area (Å²) >= 11 is 0. The molecule has 21 heavy (non-hydrogen) atoms. The molecule has 2 rings (SSSR count). The van der Waals surface area contributed by atoms with Crippen LogP contribution in [0.1, 0.15) is 38.6 Å². The Kier molecular flexibility index (Phi) is 4.65. The highest BCUT2D eigenvalue weighted by Crippen LogP contribution is 2.39. The lowest BCUT2D eigenvalue weighted by atomic mass is 9.84. The lowest BCUT2D eigenvalue weighted by Crippen LogP contribution is -2.47. The Hall–Kier alpha value is -1.85. The maximum Gasteiger partial charge on any atom is 0.244 e. The van der Waals surface area contributed by atoms with Crippen LogP contribution in [0.3, 0.4) is 0 Å². The highest BCUT2D eigenvalue weighted by molar-refractivity contribution is 5.85. The van der Waals surface area contributed by atoms with Crippen LogP contribution in [-0.4, -0.2) is 47.1 Å². The highest BCUT2D eigenvalue weighted by Gasteiger charge is 2.42. The van der Waals surface area contributed by atoms with E-state index in [1.807, 2.05) is 0 Å². The summed E-state index contributed by atoms with van der Waals surface area (Å²) in [5.41, 5.74) is -0.428. The predicted octanol–water partition coefficient (Wildman–Crippen LogP) is 1.21. The first-order chi connectivity index (χ1) is 9.96. The van der Waals surface area contributed by atoms with Crippen molar-refractivity contribution in [3.8, 4) is 0 Å². The average molecular weight is 292 g/mol. The lowest BCUT2D eigenvalue weighted by Gasteiger charge is -2.31. The molecule has 0 bridgehead atoms. The quantitative estimate of drug-likeness (QED) is 0.887. The number of amides is 2. The smallest absolute Gasteiger partial charge is 0.244 e. The zero-order valence-electron chi connectivity index (χ0n) is 13.0. The van der Waals surface area contributed by atoms with Crippen LogP contribution >= 0.6 is 0 Å². The third kappa shape index (κ3) is 3.25. The fourth-order valence-electron chi connectivity index (χ4n) is 3.03. The molecule has 6 nitrogen and oxygen atoms in total. The molecule has 2 amide bonds. The summed E-state index contributed by atoms with van der Waals surface area (Å²) in [6, 6.07) is 1.42. The predicted molar refractivity (Wildman–Crippen MR) is 79.5 cm³/mol. The van der Waals surface area contributed by atoms with E-state index in [2.05, 4.69) is 10.4 Å². The van der Waals surface area contributed by atoms with Crippen LogP contribution in [0, 0.1) is 5.41 Å². The van der Waals surface area contributed by atoms with E-state index in [4.69, 9.17) is 0 Å². The third-order valence-corrected chi connectivity index (χ3v) is 4.32. The zero-order valence-corrected chi connectivity index (χ0v) is 13.0. The second kappa shape index (κ2) is 6.28. The van der Waals surface area contributed by atoms with Crippen molar-refractivity contribution in [2.24, 2.45) is 5.41 Å². The Bertz CT molecular complexity index is 490. The number of rotatable bonds is 5. The summed E-state index contributed by atoms with van der Waals surface area (Å²) in [6.45, 7) is 2.21. The molecule has 0 radical (unpaired) electrons. The SMILES string of the molecule is C[C@H](C(=O)NCC1(C(=O)N(C)C)CCCC1)n1cccn1. The summed E-state index contributed by atoms with van der Waals surface area (Å²) < 4.78 is 1.62. The Morgan fingerprint density at radius 1 is 1.38 bits per heavy atom. The summed E-state index contributed by atoms with van der Waals surface area (Å²) in [4.78, 5) is 26.3. The minimum absolute atomic E-state index is 0.100. The van der Waals surface area contributed by atoms with Gasteiger partial charge in [0.15, 0.2) is 0 Å². The van der Waals surface area contributed by atoms with E-state index < -0.39 is 5.41 Å². The minimum atomic E-state index is -0.428. The van der Waals surface area contributed by atoms with Crippen LogP contribution in [0.4, 0.5) is 0 Å². The molecule has 116 valence electrons. The first kappa shape index (κ1) is 15.5. The number of hydrogen-bond acceptors (Lipinski definition) is 3. The molecular formula is C15H24N4O2. The van der Waals surface area contributed by atoms with Crippen molar-refractivity contribution < 1.29 is 9.59 Å². The molecule has 0 aliphatic heterocycles. The van der Waals surface area contributed by atoms with Gasteiger partial charge < -0.3 is 10.2 Å². The van der Waals surface area contributed by atoms with Crippen LogP contribution in [0.2, 0.25) is 0 Å². The Labute approximate surface area is 125 Å². The molecule has 0 saturated heterocycles. The average Bonchev–Trinajstić information content (AvgIpc) is 3.14. The van der Waals surface area contributed by atoms with E-state index in [-0.39, 0.29) is 17.9 Å². The molecule has 0 aromatic carbocycles. The standard InChI is InChI=1S/C15H24N4O2/c1-12(19-10-6-9-17-19)13(20)16-11-15(7-4-5-8-15)14(21)18(2)3/h6,9-10,12H,4-5,7-8,11H2,1-3H3,(H,16,20)/t12-/m1/s1. The molecule has 6 heteroatoms. The van der Waals surface area contributed by atoms with Crippen molar-refractivity contribution in [1.82, 2.24) is 20.0 Å². The molecular weight excluding hydrogens is 268 g/mol. The van der Waals surface area contributed by atoms with Crippen molar-refractivity contribution in [3.63, 3.8) is 0 Å². The Morgan fingerprint density at radius 3 is 2.57 bits per heavy atom. The molecule has 0 unspecified atom stereocenters. The molecule has 1 saturated carbocycles. The van der Waals surface area contributed by atoms with Gasteiger partial charge in [-0.2, -0.15) is 5.10 Å². The molecule has 1 aromatic rings. The van der Waals surface area contributed by atoms with E-state index >= 15 is 0 Å². The second-order valence-corrected chi connectivity index (χ2v) is 6.07. The van der Waals surface area contributed by atoms with E-state index in [0.29, 0.717) is 6.54 Å². The summed E-state index contributed by atoms with van der Waals surface area (Å²) in [5, 5.41) is 7.02. The second-order valence-electron chi connectivity index (χ2n) is 6.07. The molecule has 1 fully saturated rings. The topological polar surface area (TPSA) is 67.2 Å². The van der Waals surface area contributed by atoms with E-state index in [1.165, 1.54) is 0 Å². The first-order valence-electron chi connectivity index (χ1n) is 7.45. The van der Waals surface area contributed by atoms with Crippen molar-refractivity contribution in [2.75, 3.05) is 20.6 Å². The van der Waals surface area contributed by atoms with Gasteiger partial charge in [0.05, 0.1) is 5.41 Å². The monoisotopic (exact) mass is 292 g/mol. The van der Waals surface area contributed by atoms with Crippen molar-refractivity contribution in [2.45, 2.75) is 38.6 Å². The van der Waals surface area contributed by atoms with E-state index in [9.17, 15) is 9.59 Å². The number of aromatic nitrogens is 2. The van der Waals surface area contributed by atoms with E-state index in [1.54, 1.807) is 49.1 Å². The van der Waals surface area contributed by atoms with Gasteiger partial charge in [-0.3, -0.25) is 14.3 Å². The van der Waals surface area contributed by atoms with Gasteiger partial charge in [0.1, 0.15) is 6.04 Å². The molecule has 1 heterocycles. The summed E-state index contributed by atoms with van der Waals surface area (Å²) in [5.74, 6) is 0.0172. The van der Waals surface area contributed by atoms with Gasteiger partial charge in [0.25, 0.3) is 0 Å². The van der Waals surface area contributed by atoms with Gasteiger partial charge in [-0.05, 0) is 25.8 Å². The maximum absolute atomic E-state index is 12.4. The fourth-order valence-corrected chi connectivity index (χ4v) is 3.03. The van der Waals surface area contributed by atoms with Crippen LogP contribution in [0.25, 0.3) is 0 Å². The van der Waals surface area contributed by atoms with Crippen molar-refractivity contribution in [1.29, 1.82) is 0 Å². The van der Waals surface area contributed by atoms with Crippen molar-refractivity contribution in [3.05, 3.63) is 18.5 Å². The van der Waals surface area contributed by atoms with Crippen LogP contribution in [-0.2, 0) is 9.59 Å². The molecule has 1 aliphatic carbocycles. The molecule has 1 atom stereocenters. The first-order valence-corrected chi connectivity index (χ1v) is 7.45. The number of carbonyl (C=O) groups excluding carboxylic acids is 2. The Morgan fingerprint density at radius 2 is 2.05 bits per heavy atom. The number of hydrogen-bond donors (Lipinski definition) is 1. The van der Waals surface area contributed by atoms with Crippen LogP contribution < -0.4 is 5.32 Å². The fraction of sp³-hybridized carbons (Fsp3) is 0.667. The number of carbonyl (C=O) groups is 2. The molecule has 1 N–H and O–H groups in total. The summed E-state index contributed by atoms with van der Waals surface area (Å²) in [7, 11) is 3.55. The maximum atomic E-state index is 12.4. The zero-order chi connectivity index (χ0) is 15.5. The highest BCUT2D eigenvalue weighted by atomic mass is 16.2.